The molecule has 0 aliphatic carbocycles. The van der Waals surface area contributed by atoms with Crippen LogP contribution in [0.3, 0.4) is 0 Å². The SMILES string of the molecule is CCN1CCc2cc(-c3c(C)nc4c(OCc5ccccc5)cccn34)ccc2C1=O.Cl. The molecule has 0 fully saturated rings. The number of imidazole rings is 1. The molecule has 2 aromatic heterocycles. The number of halogens is 1. The molecule has 4 aromatic rings. The number of aryl methyl sites for hydroxylation is 1. The average Bonchev–Trinajstić information content (AvgIpc) is 3.14. The van der Waals surface area contributed by atoms with Crippen LogP contribution in [0.2, 0.25) is 0 Å². The van der Waals surface area contributed by atoms with Crippen LogP contribution >= 0.6 is 12.4 Å². The summed E-state index contributed by atoms with van der Waals surface area (Å²) in [7, 11) is 0. The third-order valence-electron chi connectivity index (χ3n) is 5.95. The van der Waals surface area contributed by atoms with Crippen molar-refractivity contribution in [3.63, 3.8) is 0 Å². The minimum Gasteiger partial charge on any atom is -0.485 e. The van der Waals surface area contributed by atoms with Crippen LogP contribution < -0.4 is 4.74 Å². The molecule has 0 atom stereocenters. The number of benzene rings is 2. The first-order valence-corrected chi connectivity index (χ1v) is 10.7. The van der Waals surface area contributed by atoms with Gasteiger partial charge in [0.15, 0.2) is 11.4 Å². The first-order valence-electron chi connectivity index (χ1n) is 10.7. The van der Waals surface area contributed by atoms with E-state index in [2.05, 4.69) is 22.6 Å². The van der Waals surface area contributed by atoms with E-state index in [1.807, 2.05) is 67.4 Å². The molecular formula is C26H26ClN3O2. The molecule has 0 N–H and O–H groups in total. The van der Waals surface area contributed by atoms with Gasteiger partial charge in [-0.05, 0) is 55.7 Å². The molecule has 32 heavy (non-hydrogen) atoms. The first-order chi connectivity index (χ1) is 15.2. The molecule has 5 rings (SSSR count). The summed E-state index contributed by atoms with van der Waals surface area (Å²) in [6.45, 7) is 6.06. The summed E-state index contributed by atoms with van der Waals surface area (Å²) >= 11 is 0. The van der Waals surface area contributed by atoms with Gasteiger partial charge in [-0.25, -0.2) is 4.98 Å². The number of likely N-dealkylation sites (N-methyl/N-ethyl adjacent to an activating group) is 1. The first kappa shape index (κ1) is 21.9. The van der Waals surface area contributed by atoms with E-state index in [-0.39, 0.29) is 18.3 Å². The number of pyridine rings is 1. The van der Waals surface area contributed by atoms with Crippen LogP contribution in [0.1, 0.15) is 34.1 Å². The van der Waals surface area contributed by atoms with Crippen LogP contribution in [0.4, 0.5) is 0 Å². The summed E-state index contributed by atoms with van der Waals surface area (Å²) in [5.74, 6) is 0.884. The van der Waals surface area contributed by atoms with Gasteiger partial charge in [0, 0.05) is 30.4 Å². The van der Waals surface area contributed by atoms with E-state index in [0.29, 0.717) is 6.61 Å². The number of carbonyl (C=O) groups is 1. The molecule has 1 aliphatic rings. The Morgan fingerprint density at radius 1 is 1.06 bits per heavy atom. The smallest absolute Gasteiger partial charge is 0.254 e. The Kier molecular flexibility index (Phi) is 6.19. The van der Waals surface area contributed by atoms with Gasteiger partial charge < -0.3 is 9.64 Å². The van der Waals surface area contributed by atoms with Crippen molar-refractivity contribution in [1.82, 2.24) is 14.3 Å². The summed E-state index contributed by atoms with van der Waals surface area (Å²) in [6.07, 6.45) is 2.90. The molecule has 0 saturated heterocycles. The summed E-state index contributed by atoms with van der Waals surface area (Å²) in [4.78, 5) is 19.4. The van der Waals surface area contributed by atoms with Crippen LogP contribution in [0.5, 0.6) is 5.75 Å². The Balaban J connectivity index is 0.00000245. The molecule has 6 heteroatoms. The topological polar surface area (TPSA) is 46.8 Å². The highest BCUT2D eigenvalue weighted by Crippen LogP contribution is 2.32. The zero-order valence-electron chi connectivity index (χ0n) is 18.2. The van der Waals surface area contributed by atoms with E-state index in [0.717, 1.165) is 64.5 Å². The molecule has 1 aliphatic heterocycles. The summed E-state index contributed by atoms with van der Waals surface area (Å²) in [5, 5.41) is 0. The zero-order valence-corrected chi connectivity index (χ0v) is 19.1. The molecule has 0 radical (unpaired) electrons. The van der Waals surface area contributed by atoms with Gasteiger partial charge in [-0.2, -0.15) is 0 Å². The molecule has 0 spiro atoms. The standard InChI is InChI=1S/C26H25N3O2.ClH/c1-3-28-15-13-20-16-21(11-12-22(20)26(28)30)24-18(2)27-25-23(10-7-14-29(24)25)31-17-19-8-5-4-6-9-19;/h4-12,14,16H,3,13,15,17H2,1-2H3;1H. The molecule has 0 unspecified atom stereocenters. The molecule has 5 nitrogen and oxygen atoms in total. The third kappa shape index (κ3) is 3.84. The molecule has 0 bridgehead atoms. The minimum absolute atomic E-state index is 0. The number of fused-ring (bicyclic) bond motifs is 2. The summed E-state index contributed by atoms with van der Waals surface area (Å²) in [5.41, 5.74) is 6.89. The molecule has 1 amide bonds. The number of aromatic nitrogens is 2. The van der Waals surface area contributed by atoms with Gasteiger partial charge in [-0.3, -0.25) is 9.20 Å². The minimum atomic E-state index is 0. The second-order valence-corrected chi connectivity index (χ2v) is 7.89. The van der Waals surface area contributed by atoms with E-state index in [1.54, 1.807) is 0 Å². The summed E-state index contributed by atoms with van der Waals surface area (Å²) in [6, 6.07) is 20.2. The highest BCUT2D eigenvalue weighted by Gasteiger charge is 2.24. The van der Waals surface area contributed by atoms with Crippen LogP contribution in [-0.4, -0.2) is 33.3 Å². The number of amides is 1. The second kappa shape index (κ2) is 9.05. The lowest BCUT2D eigenvalue weighted by atomic mass is 9.95. The zero-order chi connectivity index (χ0) is 21.4. The Morgan fingerprint density at radius 3 is 2.66 bits per heavy atom. The number of hydrogen-bond acceptors (Lipinski definition) is 3. The highest BCUT2D eigenvalue weighted by molar-refractivity contribution is 5.97. The van der Waals surface area contributed by atoms with Gasteiger partial charge in [0.1, 0.15) is 6.61 Å². The summed E-state index contributed by atoms with van der Waals surface area (Å²) < 4.78 is 8.19. The van der Waals surface area contributed by atoms with Crippen LogP contribution in [0.25, 0.3) is 16.9 Å². The van der Waals surface area contributed by atoms with Crippen molar-refractivity contribution >= 4 is 24.0 Å². The van der Waals surface area contributed by atoms with Crippen molar-refractivity contribution in [3.05, 3.63) is 89.2 Å². The van der Waals surface area contributed by atoms with Gasteiger partial charge in [0.05, 0.1) is 11.4 Å². The fourth-order valence-corrected chi connectivity index (χ4v) is 4.34. The fraction of sp³-hybridized carbons (Fsp3) is 0.231. The Bertz CT molecular complexity index is 1270. The van der Waals surface area contributed by atoms with Crippen LogP contribution in [0, 0.1) is 6.92 Å². The van der Waals surface area contributed by atoms with Gasteiger partial charge in [-0.1, -0.05) is 36.4 Å². The van der Waals surface area contributed by atoms with Crippen molar-refractivity contribution in [1.29, 1.82) is 0 Å². The third-order valence-corrected chi connectivity index (χ3v) is 5.95. The normalized spacial score (nSPS) is 13.1. The lowest BCUT2D eigenvalue weighted by Crippen LogP contribution is -2.37. The van der Waals surface area contributed by atoms with E-state index in [4.69, 9.17) is 9.72 Å². The Hall–Kier alpha value is -3.31. The number of ether oxygens (including phenoxy) is 1. The van der Waals surface area contributed by atoms with E-state index >= 15 is 0 Å². The molecule has 164 valence electrons. The van der Waals surface area contributed by atoms with Crippen molar-refractivity contribution in [2.75, 3.05) is 13.1 Å². The van der Waals surface area contributed by atoms with Gasteiger partial charge >= 0.3 is 0 Å². The number of nitrogens with zero attached hydrogens (tertiary/aromatic N) is 3. The maximum absolute atomic E-state index is 12.7. The van der Waals surface area contributed by atoms with Crippen LogP contribution in [-0.2, 0) is 13.0 Å². The largest absolute Gasteiger partial charge is 0.485 e. The molecule has 0 saturated carbocycles. The van der Waals surface area contributed by atoms with Crippen molar-refractivity contribution < 1.29 is 9.53 Å². The van der Waals surface area contributed by atoms with Crippen molar-refractivity contribution in [2.24, 2.45) is 0 Å². The molecule has 2 aromatic carbocycles. The monoisotopic (exact) mass is 447 g/mol. The van der Waals surface area contributed by atoms with E-state index < -0.39 is 0 Å². The van der Waals surface area contributed by atoms with Gasteiger partial charge in [0.2, 0.25) is 0 Å². The van der Waals surface area contributed by atoms with Crippen LogP contribution in [0.15, 0.2) is 66.9 Å². The lowest BCUT2D eigenvalue weighted by molar-refractivity contribution is 0.0749. The Morgan fingerprint density at radius 2 is 1.88 bits per heavy atom. The Labute approximate surface area is 194 Å². The fourth-order valence-electron chi connectivity index (χ4n) is 4.34. The van der Waals surface area contributed by atoms with E-state index in [9.17, 15) is 4.79 Å². The lowest BCUT2D eigenvalue weighted by Gasteiger charge is -2.27. The van der Waals surface area contributed by atoms with Crippen molar-refractivity contribution in [2.45, 2.75) is 26.9 Å². The van der Waals surface area contributed by atoms with Crippen molar-refractivity contribution in [3.8, 4) is 17.0 Å². The molecular weight excluding hydrogens is 422 g/mol. The number of carbonyl (C=O) groups excluding carboxylic acids is 1. The van der Waals surface area contributed by atoms with E-state index in [1.165, 1.54) is 0 Å². The number of rotatable bonds is 5. The quantitative estimate of drug-likeness (QED) is 0.415. The highest BCUT2D eigenvalue weighted by atomic mass is 35.5. The maximum atomic E-state index is 12.7. The average molecular weight is 448 g/mol. The molecule has 3 heterocycles. The predicted octanol–water partition coefficient (Wildman–Crippen LogP) is 5.33. The second-order valence-electron chi connectivity index (χ2n) is 7.89. The number of hydrogen-bond donors (Lipinski definition) is 0. The maximum Gasteiger partial charge on any atom is 0.254 e. The van der Waals surface area contributed by atoms with Gasteiger partial charge in [-0.15, -0.1) is 12.4 Å². The predicted molar refractivity (Wildman–Crippen MR) is 129 cm³/mol. The van der Waals surface area contributed by atoms with Gasteiger partial charge in [0.25, 0.3) is 5.91 Å².